The molecule has 0 unspecified atom stereocenters. The molecular weight excluding hydrogens is 374 g/mol. The lowest BCUT2D eigenvalue weighted by atomic mass is 10.1. The average Bonchev–Trinajstić information content (AvgIpc) is 2.70. The third kappa shape index (κ3) is 3.35. The number of para-hydroxylation sites is 1. The van der Waals surface area contributed by atoms with Crippen LogP contribution in [0, 0.1) is 0 Å². The van der Waals surface area contributed by atoms with E-state index in [0.29, 0.717) is 0 Å². The van der Waals surface area contributed by atoms with Crippen LogP contribution in [0.1, 0.15) is 5.56 Å². The highest BCUT2D eigenvalue weighted by Crippen LogP contribution is 2.29. The molecule has 0 saturated carbocycles. The molecule has 0 spiro atoms. The molecule has 0 amide bonds. The molecule has 122 valence electrons. The zero-order valence-electron chi connectivity index (χ0n) is 13.5. The second-order valence-electron chi connectivity index (χ2n) is 5.64. The molecule has 0 aliphatic carbocycles. The van der Waals surface area contributed by atoms with Crippen LogP contribution in [-0.4, -0.2) is 6.21 Å². The van der Waals surface area contributed by atoms with Crippen molar-refractivity contribution in [1.82, 2.24) is 0 Å². The lowest BCUT2D eigenvalue weighted by molar-refractivity contribution is 0.860. The minimum atomic E-state index is 0.992. The Balaban J connectivity index is 1.77. The van der Waals surface area contributed by atoms with E-state index in [1.54, 1.807) is 0 Å². The number of hydrazone groups is 1. The maximum Gasteiger partial charge on any atom is 0.0841 e. The van der Waals surface area contributed by atoms with E-state index in [1.165, 1.54) is 0 Å². The standard InChI is InChI=1S/C21H16BrN3/c22-19-11-13-21(14-12-19)25-23-15-18(17-7-3-1-4-8-17)16-24(25)20-9-5-2-6-10-20/h1-16H. The number of benzene rings is 3. The van der Waals surface area contributed by atoms with Crippen molar-refractivity contribution in [3.05, 3.63) is 101 Å². The van der Waals surface area contributed by atoms with E-state index >= 15 is 0 Å². The van der Waals surface area contributed by atoms with Crippen LogP contribution >= 0.6 is 15.9 Å². The number of allylic oxidation sites excluding steroid dienone is 1. The first-order valence-electron chi connectivity index (χ1n) is 8.02. The first-order valence-corrected chi connectivity index (χ1v) is 8.82. The SMILES string of the molecule is Brc1ccc(N2N=CC(c3ccccc3)=CN2c2ccccc2)cc1. The van der Waals surface area contributed by atoms with Crippen molar-refractivity contribution < 1.29 is 0 Å². The van der Waals surface area contributed by atoms with Crippen LogP contribution < -0.4 is 10.1 Å². The van der Waals surface area contributed by atoms with Crippen LogP contribution in [0.2, 0.25) is 0 Å². The molecule has 4 heteroatoms. The lowest BCUT2D eigenvalue weighted by Crippen LogP contribution is -2.37. The van der Waals surface area contributed by atoms with Crippen molar-refractivity contribution in [3.63, 3.8) is 0 Å². The highest BCUT2D eigenvalue weighted by atomic mass is 79.9. The monoisotopic (exact) mass is 389 g/mol. The van der Waals surface area contributed by atoms with E-state index in [2.05, 4.69) is 51.4 Å². The first kappa shape index (κ1) is 15.7. The predicted octanol–water partition coefficient (Wildman–Crippen LogP) is 5.72. The summed E-state index contributed by atoms with van der Waals surface area (Å²) in [5.74, 6) is 0. The summed E-state index contributed by atoms with van der Waals surface area (Å²) in [7, 11) is 0. The molecule has 0 atom stereocenters. The maximum atomic E-state index is 4.70. The van der Waals surface area contributed by atoms with Gasteiger partial charge in [-0.05, 0) is 42.0 Å². The van der Waals surface area contributed by atoms with Gasteiger partial charge in [-0.1, -0.05) is 64.5 Å². The van der Waals surface area contributed by atoms with Gasteiger partial charge in [-0.15, -0.1) is 0 Å². The van der Waals surface area contributed by atoms with Crippen LogP contribution in [0.5, 0.6) is 0 Å². The van der Waals surface area contributed by atoms with E-state index in [-0.39, 0.29) is 0 Å². The zero-order valence-corrected chi connectivity index (χ0v) is 15.0. The van der Waals surface area contributed by atoms with Gasteiger partial charge in [0, 0.05) is 16.2 Å². The molecular formula is C21H16BrN3. The Kier molecular flexibility index (Phi) is 4.36. The number of halogens is 1. The number of hydrogen-bond acceptors (Lipinski definition) is 3. The molecule has 3 aromatic carbocycles. The van der Waals surface area contributed by atoms with Gasteiger partial charge in [-0.3, -0.25) is 0 Å². The van der Waals surface area contributed by atoms with E-state index in [9.17, 15) is 0 Å². The van der Waals surface area contributed by atoms with E-state index in [1.807, 2.05) is 72.0 Å². The summed E-state index contributed by atoms with van der Waals surface area (Å²) >= 11 is 3.49. The van der Waals surface area contributed by atoms with Gasteiger partial charge in [0.2, 0.25) is 0 Å². The molecule has 25 heavy (non-hydrogen) atoms. The zero-order chi connectivity index (χ0) is 17.1. The Hall–Kier alpha value is -2.85. The van der Waals surface area contributed by atoms with Gasteiger partial charge in [-0.25, -0.2) is 5.01 Å². The maximum absolute atomic E-state index is 4.70. The third-order valence-electron chi connectivity index (χ3n) is 3.96. The van der Waals surface area contributed by atoms with Gasteiger partial charge in [0.1, 0.15) is 0 Å². The summed E-state index contributed by atoms with van der Waals surface area (Å²) < 4.78 is 1.05. The minimum Gasteiger partial charge on any atom is -0.240 e. The Morgan fingerprint density at radius 1 is 0.680 bits per heavy atom. The van der Waals surface area contributed by atoms with Crippen molar-refractivity contribution in [2.24, 2.45) is 5.10 Å². The van der Waals surface area contributed by atoms with E-state index in [4.69, 9.17) is 5.10 Å². The van der Waals surface area contributed by atoms with Crippen molar-refractivity contribution in [1.29, 1.82) is 0 Å². The highest BCUT2D eigenvalue weighted by Gasteiger charge is 2.19. The summed E-state index contributed by atoms with van der Waals surface area (Å²) in [5, 5.41) is 8.65. The summed E-state index contributed by atoms with van der Waals surface area (Å²) in [5.41, 5.74) is 4.25. The molecule has 0 saturated heterocycles. The molecule has 0 aromatic heterocycles. The Morgan fingerprint density at radius 3 is 2.00 bits per heavy atom. The molecule has 4 rings (SSSR count). The molecule has 1 heterocycles. The smallest absolute Gasteiger partial charge is 0.0841 e. The van der Waals surface area contributed by atoms with Crippen molar-refractivity contribution in [2.45, 2.75) is 0 Å². The Morgan fingerprint density at radius 2 is 1.32 bits per heavy atom. The van der Waals surface area contributed by atoms with Gasteiger partial charge in [0.05, 0.1) is 17.6 Å². The molecule has 0 radical (unpaired) electrons. The van der Waals surface area contributed by atoms with Crippen LogP contribution in [0.15, 0.2) is 101 Å². The largest absolute Gasteiger partial charge is 0.240 e. The fourth-order valence-electron chi connectivity index (χ4n) is 2.70. The van der Waals surface area contributed by atoms with Crippen LogP contribution in [0.25, 0.3) is 5.57 Å². The van der Waals surface area contributed by atoms with Crippen LogP contribution in [-0.2, 0) is 0 Å². The van der Waals surface area contributed by atoms with Crippen LogP contribution in [0.3, 0.4) is 0 Å². The topological polar surface area (TPSA) is 18.8 Å². The molecule has 0 N–H and O–H groups in total. The van der Waals surface area contributed by atoms with Gasteiger partial charge in [0.15, 0.2) is 0 Å². The van der Waals surface area contributed by atoms with Crippen molar-refractivity contribution >= 4 is 39.1 Å². The molecule has 0 fully saturated rings. The van der Waals surface area contributed by atoms with E-state index < -0.39 is 0 Å². The number of hydrogen-bond donors (Lipinski definition) is 0. The normalized spacial score (nSPS) is 13.7. The second-order valence-corrected chi connectivity index (χ2v) is 6.56. The summed E-state index contributed by atoms with van der Waals surface area (Å²) in [6.45, 7) is 0. The summed E-state index contributed by atoms with van der Waals surface area (Å²) in [6.07, 6.45) is 4.01. The Bertz CT molecular complexity index is 903. The highest BCUT2D eigenvalue weighted by molar-refractivity contribution is 9.10. The number of rotatable bonds is 3. The molecule has 1 aliphatic heterocycles. The van der Waals surface area contributed by atoms with Crippen LogP contribution in [0.4, 0.5) is 11.4 Å². The minimum absolute atomic E-state index is 0.992. The number of nitrogens with zero attached hydrogens (tertiary/aromatic N) is 3. The predicted molar refractivity (Wildman–Crippen MR) is 108 cm³/mol. The number of hydrazine groups is 1. The first-order chi connectivity index (χ1) is 12.3. The Labute approximate surface area is 155 Å². The second kappa shape index (κ2) is 6.95. The molecule has 3 aromatic rings. The average molecular weight is 390 g/mol. The van der Waals surface area contributed by atoms with Gasteiger partial charge < -0.3 is 0 Å². The van der Waals surface area contributed by atoms with Crippen molar-refractivity contribution in [3.8, 4) is 0 Å². The molecule has 3 nitrogen and oxygen atoms in total. The third-order valence-corrected chi connectivity index (χ3v) is 4.49. The van der Waals surface area contributed by atoms with Gasteiger partial charge in [-0.2, -0.15) is 10.2 Å². The van der Waals surface area contributed by atoms with Gasteiger partial charge in [0.25, 0.3) is 0 Å². The summed E-state index contributed by atoms with van der Waals surface area (Å²) in [4.78, 5) is 0. The fraction of sp³-hybridized carbons (Fsp3) is 0. The van der Waals surface area contributed by atoms with Gasteiger partial charge >= 0.3 is 0 Å². The summed E-state index contributed by atoms with van der Waals surface area (Å²) in [6, 6.07) is 28.6. The number of anilines is 2. The fourth-order valence-corrected chi connectivity index (χ4v) is 2.97. The van der Waals surface area contributed by atoms with Crippen molar-refractivity contribution in [2.75, 3.05) is 10.1 Å². The van der Waals surface area contributed by atoms with E-state index in [0.717, 1.165) is 27.0 Å². The molecule has 1 aliphatic rings. The quantitative estimate of drug-likeness (QED) is 0.570. The molecule has 0 bridgehead atoms. The lowest BCUT2D eigenvalue weighted by Gasteiger charge is -2.34.